The van der Waals surface area contributed by atoms with E-state index in [0.29, 0.717) is 13.1 Å². The Kier molecular flexibility index (Phi) is 7.15. The molecule has 0 spiro atoms. The Morgan fingerprint density at radius 1 is 0.711 bits per heavy atom. The number of amides is 2. The third-order valence-electron chi connectivity index (χ3n) is 8.72. The first kappa shape index (κ1) is 26.2. The molecule has 38 heavy (non-hydrogen) atoms. The third kappa shape index (κ3) is 4.54. The molecule has 2 amide bonds. The van der Waals surface area contributed by atoms with Gasteiger partial charge in [0.15, 0.2) is 0 Å². The molecule has 198 valence electrons. The molecule has 2 heterocycles. The lowest BCUT2D eigenvalue weighted by atomic mass is 9.88. The van der Waals surface area contributed by atoms with Crippen molar-refractivity contribution in [3.8, 4) is 0 Å². The van der Waals surface area contributed by atoms with E-state index in [2.05, 4.69) is 102 Å². The lowest BCUT2D eigenvalue weighted by molar-refractivity contribution is 0.157. The maximum absolute atomic E-state index is 14.5. The first-order valence-electron chi connectivity index (χ1n) is 13.8. The molecule has 5 rings (SSSR count). The number of benzene rings is 3. The Labute approximate surface area is 227 Å². The van der Waals surface area contributed by atoms with Gasteiger partial charge in [0, 0.05) is 31.7 Å². The van der Waals surface area contributed by atoms with Gasteiger partial charge in [0.2, 0.25) is 0 Å². The molecule has 0 bridgehead atoms. The number of hydrogen-bond donors (Lipinski definition) is 1. The number of piperazine rings is 1. The first-order valence-corrected chi connectivity index (χ1v) is 13.8. The third-order valence-corrected chi connectivity index (χ3v) is 8.72. The highest BCUT2D eigenvalue weighted by Crippen LogP contribution is 2.45. The van der Waals surface area contributed by atoms with Crippen LogP contribution in [-0.2, 0) is 0 Å². The standard InChI is InChI=1S/C33H40N4O/c1-20-8-12-27(13-9-20)30-31(28-14-10-21(2)11-15-28)37(33(38)36-18-16-34-17-19-36)32(35-30)29-25(6)23(4)22(3)24(5)26(29)7/h8-15,30-31,34H,16-19H2,1-7H3. The Morgan fingerprint density at radius 3 is 1.71 bits per heavy atom. The number of aryl methyl sites for hydroxylation is 2. The molecule has 0 saturated carbocycles. The highest BCUT2D eigenvalue weighted by Gasteiger charge is 2.44. The van der Waals surface area contributed by atoms with E-state index >= 15 is 0 Å². The predicted octanol–water partition coefficient (Wildman–Crippen LogP) is 6.42. The van der Waals surface area contributed by atoms with Crippen molar-refractivity contribution in [2.24, 2.45) is 4.99 Å². The number of carbonyl (C=O) groups excluding carboxylic acids is 1. The molecule has 1 saturated heterocycles. The first-order chi connectivity index (χ1) is 18.2. The maximum Gasteiger partial charge on any atom is 0.326 e. The average Bonchev–Trinajstić information content (AvgIpc) is 3.31. The van der Waals surface area contributed by atoms with Crippen molar-refractivity contribution < 1.29 is 4.79 Å². The smallest absolute Gasteiger partial charge is 0.322 e. The molecule has 2 aliphatic heterocycles. The second kappa shape index (κ2) is 10.4. The quantitative estimate of drug-likeness (QED) is 0.444. The van der Waals surface area contributed by atoms with E-state index in [1.807, 2.05) is 9.80 Å². The van der Waals surface area contributed by atoms with Crippen molar-refractivity contribution in [3.05, 3.63) is 104 Å². The summed E-state index contributed by atoms with van der Waals surface area (Å²) < 4.78 is 0. The summed E-state index contributed by atoms with van der Waals surface area (Å²) in [7, 11) is 0. The van der Waals surface area contributed by atoms with Gasteiger partial charge >= 0.3 is 6.03 Å². The van der Waals surface area contributed by atoms with E-state index in [9.17, 15) is 4.79 Å². The van der Waals surface area contributed by atoms with Crippen molar-refractivity contribution in [1.29, 1.82) is 0 Å². The van der Waals surface area contributed by atoms with Crippen LogP contribution in [0, 0.1) is 48.5 Å². The number of urea groups is 1. The van der Waals surface area contributed by atoms with Crippen molar-refractivity contribution in [1.82, 2.24) is 15.1 Å². The molecule has 2 atom stereocenters. The topological polar surface area (TPSA) is 47.9 Å². The number of nitrogens with zero attached hydrogens (tertiary/aromatic N) is 3. The van der Waals surface area contributed by atoms with Gasteiger partial charge in [0.25, 0.3) is 0 Å². The van der Waals surface area contributed by atoms with Gasteiger partial charge in [0.1, 0.15) is 11.9 Å². The Hall–Kier alpha value is -3.44. The summed E-state index contributed by atoms with van der Waals surface area (Å²) in [5.74, 6) is 0.797. The van der Waals surface area contributed by atoms with Crippen molar-refractivity contribution >= 4 is 11.9 Å². The van der Waals surface area contributed by atoms with Crippen LogP contribution in [0.2, 0.25) is 0 Å². The number of amidine groups is 1. The van der Waals surface area contributed by atoms with E-state index in [-0.39, 0.29) is 18.1 Å². The van der Waals surface area contributed by atoms with Gasteiger partial charge in [-0.15, -0.1) is 0 Å². The predicted molar refractivity (Wildman–Crippen MR) is 156 cm³/mol. The normalized spacial score (nSPS) is 19.6. The molecule has 0 aliphatic carbocycles. The number of aliphatic imine (C=N–C) groups is 1. The van der Waals surface area contributed by atoms with Crippen LogP contribution in [0.1, 0.15) is 67.7 Å². The molecule has 2 aliphatic rings. The van der Waals surface area contributed by atoms with Crippen molar-refractivity contribution in [2.75, 3.05) is 26.2 Å². The second-order valence-electron chi connectivity index (χ2n) is 11.1. The zero-order valence-corrected chi connectivity index (χ0v) is 23.9. The number of nitrogens with one attached hydrogen (secondary N) is 1. The van der Waals surface area contributed by atoms with Crippen LogP contribution in [0.3, 0.4) is 0 Å². The van der Waals surface area contributed by atoms with Crippen LogP contribution >= 0.6 is 0 Å². The molecule has 3 aromatic carbocycles. The van der Waals surface area contributed by atoms with Crippen LogP contribution in [0.15, 0.2) is 53.5 Å². The average molecular weight is 509 g/mol. The molecule has 0 radical (unpaired) electrons. The van der Waals surface area contributed by atoms with Crippen LogP contribution < -0.4 is 5.32 Å². The number of carbonyl (C=O) groups is 1. The molecule has 3 aromatic rings. The molecule has 5 heteroatoms. The summed E-state index contributed by atoms with van der Waals surface area (Å²) in [6.45, 7) is 18.2. The molecule has 1 fully saturated rings. The summed E-state index contributed by atoms with van der Waals surface area (Å²) in [4.78, 5) is 23.9. The van der Waals surface area contributed by atoms with Crippen LogP contribution in [0.4, 0.5) is 4.79 Å². The van der Waals surface area contributed by atoms with Crippen LogP contribution in [0.5, 0.6) is 0 Å². The van der Waals surface area contributed by atoms with Crippen LogP contribution in [-0.4, -0.2) is 47.8 Å². The SMILES string of the molecule is Cc1ccc(C2N=C(c3c(C)c(C)c(C)c(C)c3C)N(C(=O)N3CCNCC3)C2c2ccc(C)cc2)cc1. The monoisotopic (exact) mass is 508 g/mol. The lowest BCUT2D eigenvalue weighted by Crippen LogP contribution is -2.53. The van der Waals surface area contributed by atoms with Gasteiger partial charge in [-0.2, -0.15) is 0 Å². The van der Waals surface area contributed by atoms with Gasteiger partial charge in [-0.1, -0.05) is 59.7 Å². The molecule has 5 nitrogen and oxygen atoms in total. The zero-order valence-electron chi connectivity index (χ0n) is 23.9. The summed E-state index contributed by atoms with van der Waals surface area (Å²) in [6, 6.07) is 16.9. The Balaban J connectivity index is 1.76. The maximum atomic E-state index is 14.5. The van der Waals surface area contributed by atoms with Gasteiger partial charge < -0.3 is 10.2 Å². The molecular formula is C33H40N4O. The highest BCUT2D eigenvalue weighted by atomic mass is 16.2. The Bertz CT molecular complexity index is 1350. The van der Waals surface area contributed by atoms with E-state index in [0.717, 1.165) is 35.6 Å². The van der Waals surface area contributed by atoms with Gasteiger partial charge in [0.05, 0.1) is 6.04 Å². The molecule has 0 aromatic heterocycles. The lowest BCUT2D eigenvalue weighted by Gasteiger charge is -2.36. The largest absolute Gasteiger partial charge is 0.326 e. The van der Waals surface area contributed by atoms with Gasteiger partial charge in [-0.3, -0.25) is 9.89 Å². The number of hydrogen-bond acceptors (Lipinski definition) is 3. The fourth-order valence-corrected chi connectivity index (χ4v) is 5.89. The van der Waals surface area contributed by atoms with Crippen LogP contribution in [0.25, 0.3) is 0 Å². The summed E-state index contributed by atoms with van der Waals surface area (Å²) in [6.07, 6.45) is 0. The summed E-state index contributed by atoms with van der Waals surface area (Å²) >= 11 is 0. The van der Waals surface area contributed by atoms with E-state index in [1.54, 1.807) is 0 Å². The zero-order chi connectivity index (χ0) is 27.1. The fraction of sp³-hybridized carbons (Fsp3) is 0.394. The number of rotatable bonds is 3. The molecule has 2 unspecified atom stereocenters. The van der Waals surface area contributed by atoms with Crippen molar-refractivity contribution in [2.45, 2.75) is 60.5 Å². The minimum Gasteiger partial charge on any atom is -0.322 e. The van der Waals surface area contributed by atoms with E-state index in [1.165, 1.54) is 38.9 Å². The van der Waals surface area contributed by atoms with Crippen molar-refractivity contribution in [3.63, 3.8) is 0 Å². The minimum atomic E-state index is -0.226. The van der Waals surface area contributed by atoms with E-state index < -0.39 is 0 Å². The summed E-state index contributed by atoms with van der Waals surface area (Å²) in [5.41, 5.74) is 12.0. The van der Waals surface area contributed by atoms with Gasteiger partial charge in [-0.25, -0.2) is 4.79 Å². The highest BCUT2D eigenvalue weighted by molar-refractivity contribution is 6.11. The van der Waals surface area contributed by atoms with E-state index in [4.69, 9.17) is 4.99 Å². The fourth-order valence-electron chi connectivity index (χ4n) is 5.89. The van der Waals surface area contributed by atoms with Gasteiger partial charge in [-0.05, 0) is 87.4 Å². The summed E-state index contributed by atoms with van der Waals surface area (Å²) in [5, 5.41) is 3.39. The second-order valence-corrected chi connectivity index (χ2v) is 11.1. The molecular weight excluding hydrogens is 468 g/mol. The minimum absolute atomic E-state index is 0.0418. The Morgan fingerprint density at radius 2 is 1.18 bits per heavy atom. The molecule has 1 N–H and O–H groups in total.